The molecule has 0 spiro atoms. The van der Waals surface area contributed by atoms with Crippen LogP contribution in [0.1, 0.15) is 45.2 Å². The number of carbonyl (C=O) groups is 3. The van der Waals surface area contributed by atoms with Gasteiger partial charge in [-0.2, -0.15) is 0 Å². The molecule has 0 unspecified atom stereocenters. The van der Waals surface area contributed by atoms with E-state index in [1.54, 1.807) is 6.92 Å². The minimum Gasteiger partial charge on any atom is -0.466 e. The van der Waals surface area contributed by atoms with Crippen molar-refractivity contribution in [1.29, 1.82) is 0 Å². The molecule has 1 aliphatic heterocycles. The van der Waals surface area contributed by atoms with Crippen LogP contribution >= 0.6 is 0 Å². The molecule has 7 heteroatoms. The molecule has 7 nitrogen and oxygen atoms in total. The highest BCUT2D eigenvalue weighted by molar-refractivity contribution is 6.02. The Bertz CT molecular complexity index is 936. The van der Waals surface area contributed by atoms with Crippen molar-refractivity contribution in [3.8, 4) is 0 Å². The van der Waals surface area contributed by atoms with E-state index in [4.69, 9.17) is 4.74 Å². The predicted octanol–water partition coefficient (Wildman–Crippen LogP) is 3.48. The number of ether oxygens (including phenoxy) is 1. The van der Waals surface area contributed by atoms with Crippen LogP contribution in [0.3, 0.4) is 0 Å². The van der Waals surface area contributed by atoms with Crippen molar-refractivity contribution in [2.75, 3.05) is 18.5 Å². The van der Waals surface area contributed by atoms with Crippen molar-refractivity contribution in [2.45, 2.75) is 60.0 Å². The number of aryl methyl sites for hydroxylation is 2. The number of nitrogens with zero attached hydrogens (tertiary/aromatic N) is 1. The fourth-order valence-corrected chi connectivity index (χ4v) is 5.58. The lowest BCUT2D eigenvalue weighted by Crippen LogP contribution is -2.52. The van der Waals surface area contributed by atoms with Gasteiger partial charge in [0.2, 0.25) is 11.8 Å². The molecule has 3 rings (SSSR count). The van der Waals surface area contributed by atoms with Crippen LogP contribution in [0.4, 0.5) is 5.69 Å². The minimum atomic E-state index is -0.831. The Balaban J connectivity index is 2.08. The first-order chi connectivity index (χ1) is 16.2. The molecule has 1 fully saturated rings. The van der Waals surface area contributed by atoms with Crippen molar-refractivity contribution in [3.63, 3.8) is 0 Å². The van der Waals surface area contributed by atoms with Gasteiger partial charge >= 0.3 is 5.97 Å². The number of hydrogen-bond donors (Lipinski definition) is 2. The van der Waals surface area contributed by atoms with Crippen molar-refractivity contribution in [1.82, 2.24) is 4.90 Å². The Labute approximate surface area is 202 Å². The monoisotopic (exact) mass is 470 g/mol. The first kappa shape index (κ1) is 25.9. The molecular weight excluding hydrogens is 432 g/mol. The predicted molar refractivity (Wildman–Crippen MR) is 131 cm³/mol. The summed E-state index contributed by atoms with van der Waals surface area (Å²) in [7, 11) is 0. The van der Waals surface area contributed by atoms with E-state index in [0.29, 0.717) is 6.42 Å². The van der Waals surface area contributed by atoms with E-state index in [0.717, 1.165) is 16.8 Å². The number of para-hydroxylation sites is 1. The van der Waals surface area contributed by atoms with Crippen LogP contribution in [-0.4, -0.2) is 53.1 Å². The summed E-state index contributed by atoms with van der Waals surface area (Å²) >= 11 is 0. The molecule has 186 valence electrons. The Hall–Kier alpha value is -2.67. The first-order valence-electron chi connectivity index (χ1n) is 12.3. The average molecular weight is 471 g/mol. The number of aliphatic hydroxyl groups is 1. The lowest BCUT2D eigenvalue weighted by Gasteiger charge is -2.35. The third-order valence-electron chi connectivity index (χ3n) is 7.39. The molecule has 0 radical (unpaired) electrons. The van der Waals surface area contributed by atoms with Gasteiger partial charge in [-0.25, -0.2) is 0 Å². The molecule has 2 amide bonds. The average Bonchev–Trinajstić information content (AvgIpc) is 3.08. The second-order valence-corrected chi connectivity index (χ2v) is 9.78. The number of anilines is 1. The van der Waals surface area contributed by atoms with Crippen molar-refractivity contribution >= 4 is 23.5 Å². The molecule has 34 heavy (non-hydrogen) atoms. The second kappa shape index (κ2) is 10.7. The zero-order chi connectivity index (χ0) is 25.2. The molecule has 1 heterocycles. The van der Waals surface area contributed by atoms with E-state index in [2.05, 4.69) is 5.32 Å². The molecule has 1 aromatic rings. The Morgan fingerprint density at radius 2 is 1.79 bits per heavy atom. The summed E-state index contributed by atoms with van der Waals surface area (Å²) < 4.78 is 5.37. The van der Waals surface area contributed by atoms with Crippen LogP contribution in [-0.2, 0) is 19.1 Å². The van der Waals surface area contributed by atoms with E-state index >= 15 is 0 Å². The van der Waals surface area contributed by atoms with Gasteiger partial charge in [-0.05, 0) is 50.2 Å². The Morgan fingerprint density at radius 1 is 1.15 bits per heavy atom. The van der Waals surface area contributed by atoms with Crippen molar-refractivity contribution < 1.29 is 24.2 Å². The van der Waals surface area contributed by atoms with Crippen LogP contribution in [0.5, 0.6) is 0 Å². The maximum absolute atomic E-state index is 13.9. The number of hydrogen-bond acceptors (Lipinski definition) is 5. The quantitative estimate of drug-likeness (QED) is 0.448. The lowest BCUT2D eigenvalue weighted by molar-refractivity contribution is -0.156. The molecule has 0 aromatic heterocycles. The maximum Gasteiger partial charge on any atom is 0.310 e. The number of amides is 2. The SMILES string of the molecule is CCOC(=O)[C@H]1[C@@H]2C(=O)N([C@@H](CO)C(C)C)[C@H](C(=O)Nc3c(C)cccc3C)[C@H]2C=C[C@H]1CC. The van der Waals surface area contributed by atoms with E-state index in [-0.39, 0.29) is 36.9 Å². The molecule has 0 bridgehead atoms. The summed E-state index contributed by atoms with van der Waals surface area (Å²) in [5, 5.41) is 13.3. The van der Waals surface area contributed by atoms with Gasteiger partial charge in [0.25, 0.3) is 0 Å². The van der Waals surface area contributed by atoms with Gasteiger partial charge in [-0.1, -0.05) is 51.1 Å². The number of rotatable bonds is 8. The highest BCUT2D eigenvalue weighted by atomic mass is 16.5. The molecule has 0 saturated carbocycles. The largest absolute Gasteiger partial charge is 0.466 e. The highest BCUT2D eigenvalue weighted by Crippen LogP contribution is 2.46. The minimum absolute atomic E-state index is 0.0726. The van der Waals surface area contributed by atoms with Gasteiger partial charge in [0.1, 0.15) is 6.04 Å². The Kier molecular flexibility index (Phi) is 8.18. The molecular formula is C27H38N2O5. The van der Waals surface area contributed by atoms with Crippen LogP contribution in [0.15, 0.2) is 30.4 Å². The number of likely N-dealkylation sites (tertiary alicyclic amines) is 1. The van der Waals surface area contributed by atoms with E-state index in [9.17, 15) is 19.5 Å². The summed E-state index contributed by atoms with van der Waals surface area (Å²) in [4.78, 5) is 42.3. The zero-order valence-corrected chi connectivity index (χ0v) is 21.1. The van der Waals surface area contributed by atoms with Crippen LogP contribution in [0.25, 0.3) is 0 Å². The number of carbonyl (C=O) groups excluding carboxylic acids is 3. The number of aliphatic hydroxyl groups excluding tert-OH is 1. The molecule has 6 atom stereocenters. The zero-order valence-electron chi connectivity index (χ0n) is 21.1. The number of benzene rings is 1. The molecule has 1 aromatic carbocycles. The van der Waals surface area contributed by atoms with Gasteiger partial charge in [0.15, 0.2) is 0 Å². The van der Waals surface area contributed by atoms with Crippen LogP contribution in [0.2, 0.25) is 0 Å². The molecule has 1 saturated heterocycles. The molecule has 1 aliphatic carbocycles. The van der Waals surface area contributed by atoms with Gasteiger partial charge < -0.3 is 20.1 Å². The van der Waals surface area contributed by atoms with Gasteiger partial charge in [0.05, 0.1) is 31.1 Å². The first-order valence-corrected chi connectivity index (χ1v) is 12.3. The van der Waals surface area contributed by atoms with Crippen molar-refractivity contribution in [2.24, 2.45) is 29.6 Å². The normalized spacial score (nSPS) is 27.0. The summed E-state index contributed by atoms with van der Waals surface area (Å²) in [6.45, 7) is 11.4. The fourth-order valence-electron chi connectivity index (χ4n) is 5.58. The fraction of sp³-hybridized carbons (Fsp3) is 0.593. The summed E-state index contributed by atoms with van der Waals surface area (Å²) in [6, 6.07) is 4.42. The highest BCUT2D eigenvalue weighted by Gasteiger charge is 2.59. The second-order valence-electron chi connectivity index (χ2n) is 9.78. The number of esters is 1. The van der Waals surface area contributed by atoms with E-state index in [1.807, 2.05) is 65.0 Å². The molecule has 2 N–H and O–H groups in total. The van der Waals surface area contributed by atoms with Gasteiger partial charge in [-0.3, -0.25) is 14.4 Å². The maximum atomic E-state index is 13.9. The Morgan fingerprint density at radius 3 is 2.32 bits per heavy atom. The molecule has 2 aliphatic rings. The van der Waals surface area contributed by atoms with Gasteiger partial charge in [0, 0.05) is 11.6 Å². The number of fused-ring (bicyclic) bond motifs is 1. The third-order valence-corrected chi connectivity index (χ3v) is 7.39. The summed E-state index contributed by atoms with van der Waals surface area (Å²) in [6.07, 6.45) is 4.57. The van der Waals surface area contributed by atoms with Crippen LogP contribution < -0.4 is 5.32 Å². The number of allylic oxidation sites excluding steroid dienone is 1. The van der Waals surface area contributed by atoms with E-state index in [1.165, 1.54) is 4.90 Å². The third kappa shape index (κ3) is 4.63. The summed E-state index contributed by atoms with van der Waals surface area (Å²) in [5.74, 6) is -3.02. The summed E-state index contributed by atoms with van der Waals surface area (Å²) in [5.41, 5.74) is 2.58. The standard InChI is InChI=1S/C27H38N2O5/c1-7-18-12-13-19-22(21(18)27(33)34-8-2)26(32)29(20(14-30)15(3)4)24(19)25(31)28-23-16(5)10-9-11-17(23)6/h9-13,15,18-22,24,30H,7-8,14H2,1-6H3,(H,28,31)/t18-,19+,20+,21-,22-,24+/m1/s1. The van der Waals surface area contributed by atoms with E-state index < -0.39 is 35.8 Å². The number of nitrogens with one attached hydrogen (secondary N) is 1. The van der Waals surface area contributed by atoms with Crippen molar-refractivity contribution in [3.05, 3.63) is 41.5 Å². The smallest absolute Gasteiger partial charge is 0.310 e. The topological polar surface area (TPSA) is 95.9 Å². The van der Waals surface area contributed by atoms with Gasteiger partial charge in [-0.15, -0.1) is 0 Å². The lowest BCUT2D eigenvalue weighted by atomic mass is 9.69. The van der Waals surface area contributed by atoms with Crippen LogP contribution in [0, 0.1) is 43.4 Å².